The van der Waals surface area contributed by atoms with Gasteiger partial charge in [-0.1, -0.05) is 11.6 Å². The topological polar surface area (TPSA) is 99.7 Å². The fraction of sp³-hybridized carbons (Fsp3) is 0.529. The highest BCUT2D eigenvalue weighted by Gasteiger charge is 2.09. The van der Waals surface area contributed by atoms with Gasteiger partial charge in [0.1, 0.15) is 9.84 Å². The SMILES string of the molecule is CCNC(=NCCNC(=O)c1ccc(Cl)cc1)NC(C)CCS(C)(=O)=O. The van der Waals surface area contributed by atoms with E-state index in [-0.39, 0.29) is 17.7 Å². The van der Waals surface area contributed by atoms with Gasteiger partial charge < -0.3 is 16.0 Å². The Kier molecular flexibility index (Phi) is 9.43. The number of hydrogen-bond acceptors (Lipinski definition) is 4. The molecule has 0 saturated carbocycles. The maximum absolute atomic E-state index is 12.0. The molecule has 1 aromatic rings. The van der Waals surface area contributed by atoms with Crippen LogP contribution in [0, 0.1) is 0 Å². The normalized spacial score (nSPS) is 13.2. The third-order valence-electron chi connectivity index (χ3n) is 3.42. The molecule has 0 aromatic heterocycles. The van der Waals surface area contributed by atoms with Gasteiger partial charge in [-0.15, -0.1) is 0 Å². The van der Waals surface area contributed by atoms with Gasteiger partial charge >= 0.3 is 0 Å². The Labute approximate surface area is 160 Å². The molecule has 26 heavy (non-hydrogen) atoms. The Bertz CT molecular complexity index is 705. The minimum absolute atomic E-state index is 0.0359. The summed E-state index contributed by atoms with van der Waals surface area (Å²) >= 11 is 5.80. The molecule has 9 heteroatoms. The molecule has 1 rings (SSSR count). The van der Waals surface area contributed by atoms with Gasteiger partial charge in [0, 0.05) is 36.0 Å². The lowest BCUT2D eigenvalue weighted by Crippen LogP contribution is -2.43. The van der Waals surface area contributed by atoms with E-state index in [1.165, 1.54) is 6.26 Å². The van der Waals surface area contributed by atoms with Crippen LogP contribution in [-0.2, 0) is 9.84 Å². The molecule has 3 N–H and O–H groups in total. The average molecular weight is 403 g/mol. The lowest BCUT2D eigenvalue weighted by Gasteiger charge is -2.17. The monoisotopic (exact) mass is 402 g/mol. The van der Waals surface area contributed by atoms with Gasteiger partial charge in [0.2, 0.25) is 0 Å². The van der Waals surface area contributed by atoms with E-state index in [2.05, 4.69) is 20.9 Å². The minimum atomic E-state index is -2.98. The molecule has 0 saturated heterocycles. The van der Waals surface area contributed by atoms with E-state index in [1.807, 2.05) is 13.8 Å². The van der Waals surface area contributed by atoms with Gasteiger partial charge in [0.25, 0.3) is 5.91 Å². The largest absolute Gasteiger partial charge is 0.357 e. The average Bonchev–Trinajstić information content (AvgIpc) is 2.57. The molecule has 0 bridgehead atoms. The van der Waals surface area contributed by atoms with Crippen LogP contribution in [0.1, 0.15) is 30.6 Å². The zero-order valence-electron chi connectivity index (χ0n) is 15.4. The van der Waals surface area contributed by atoms with E-state index < -0.39 is 9.84 Å². The summed E-state index contributed by atoms with van der Waals surface area (Å²) in [6.07, 6.45) is 1.72. The van der Waals surface area contributed by atoms with Crippen molar-refractivity contribution in [3.8, 4) is 0 Å². The van der Waals surface area contributed by atoms with Crippen LogP contribution in [-0.4, -0.2) is 58.0 Å². The van der Waals surface area contributed by atoms with Crippen LogP contribution in [0.5, 0.6) is 0 Å². The highest BCUT2D eigenvalue weighted by molar-refractivity contribution is 7.90. The van der Waals surface area contributed by atoms with Crippen molar-refractivity contribution >= 4 is 33.3 Å². The number of sulfone groups is 1. The lowest BCUT2D eigenvalue weighted by molar-refractivity contribution is 0.0955. The summed E-state index contributed by atoms with van der Waals surface area (Å²) in [5.74, 6) is 0.531. The third-order valence-corrected chi connectivity index (χ3v) is 4.65. The molecular formula is C17H27ClN4O3S. The summed E-state index contributed by atoms with van der Waals surface area (Å²) in [7, 11) is -2.98. The second kappa shape index (κ2) is 11.0. The molecule has 0 aliphatic heterocycles. The molecule has 7 nitrogen and oxygen atoms in total. The number of hydrogen-bond donors (Lipinski definition) is 3. The quantitative estimate of drug-likeness (QED) is 0.330. The van der Waals surface area contributed by atoms with E-state index in [4.69, 9.17) is 11.6 Å². The summed E-state index contributed by atoms with van der Waals surface area (Å²) < 4.78 is 22.5. The number of benzene rings is 1. The lowest BCUT2D eigenvalue weighted by atomic mass is 10.2. The van der Waals surface area contributed by atoms with Gasteiger partial charge in [-0.3, -0.25) is 9.79 Å². The van der Waals surface area contributed by atoms with Crippen LogP contribution in [0.3, 0.4) is 0 Å². The van der Waals surface area contributed by atoms with Crippen LogP contribution in [0.25, 0.3) is 0 Å². The smallest absolute Gasteiger partial charge is 0.251 e. The maximum Gasteiger partial charge on any atom is 0.251 e. The summed E-state index contributed by atoms with van der Waals surface area (Å²) in [4.78, 5) is 16.4. The van der Waals surface area contributed by atoms with Crippen molar-refractivity contribution in [3.05, 3.63) is 34.9 Å². The van der Waals surface area contributed by atoms with Crippen LogP contribution in [0.2, 0.25) is 5.02 Å². The molecule has 0 aliphatic rings. The second-order valence-electron chi connectivity index (χ2n) is 5.99. The Balaban J connectivity index is 2.45. The first kappa shape index (κ1) is 22.2. The molecule has 0 fully saturated rings. The zero-order chi connectivity index (χ0) is 19.6. The first-order chi connectivity index (χ1) is 12.2. The van der Waals surface area contributed by atoms with E-state index >= 15 is 0 Å². The Hall–Kier alpha value is -1.80. The van der Waals surface area contributed by atoms with Gasteiger partial charge in [0.05, 0.1) is 12.3 Å². The number of aliphatic imine (C=N–C) groups is 1. The molecule has 0 spiro atoms. The first-order valence-electron chi connectivity index (χ1n) is 8.47. The van der Waals surface area contributed by atoms with Crippen LogP contribution in [0.15, 0.2) is 29.3 Å². The number of carbonyl (C=O) groups is 1. The summed E-state index contributed by atoms with van der Waals surface area (Å²) in [6.45, 7) is 5.31. The van der Waals surface area contributed by atoms with E-state index in [0.717, 1.165) is 0 Å². The molecule has 1 unspecified atom stereocenters. The third kappa shape index (κ3) is 9.62. The van der Waals surface area contributed by atoms with Crippen molar-refractivity contribution in [3.63, 3.8) is 0 Å². The van der Waals surface area contributed by atoms with Crippen LogP contribution < -0.4 is 16.0 Å². The highest BCUT2D eigenvalue weighted by Crippen LogP contribution is 2.09. The van der Waals surface area contributed by atoms with Crippen molar-refractivity contribution in [2.75, 3.05) is 31.6 Å². The fourth-order valence-corrected chi connectivity index (χ4v) is 2.96. The van der Waals surface area contributed by atoms with E-state index in [0.29, 0.717) is 42.6 Å². The number of amides is 1. The summed E-state index contributed by atoms with van der Waals surface area (Å²) in [6, 6.07) is 6.62. The van der Waals surface area contributed by atoms with E-state index in [1.54, 1.807) is 24.3 Å². The standard InChI is InChI=1S/C17H27ClN4O3S/c1-4-19-17(22-13(2)9-12-26(3,24)25)21-11-10-20-16(23)14-5-7-15(18)8-6-14/h5-8,13H,4,9-12H2,1-3H3,(H,20,23)(H2,19,21,22). The Morgan fingerprint density at radius 1 is 1.23 bits per heavy atom. The molecule has 0 heterocycles. The molecule has 1 aromatic carbocycles. The fourth-order valence-electron chi connectivity index (χ4n) is 2.06. The van der Waals surface area contributed by atoms with Crippen molar-refractivity contribution in [1.82, 2.24) is 16.0 Å². The number of nitrogens with zero attached hydrogens (tertiary/aromatic N) is 1. The number of nitrogens with one attached hydrogen (secondary N) is 3. The van der Waals surface area contributed by atoms with Gasteiger partial charge in [-0.2, -0.15) is 0 Å². The van der Waals surface area contributed by atoms with Gasteiger partial charge in [-0.25, -0.2) is 8.42 Å². The number of carbonyl (C=O) groups excluding carboxylic acids is 1. The molecule has 0 radical (unpaired) electrons. The molecule has 146 valence electrons. The number of rotatable bonds is 9. The van der Waals surface area contributed by atoms with E-state index in [9.17, 15) is 13.2 Å². The number of guanidine groups is 1. The van der Waals surface area contributed by atoms with Gasteiger partial charge in [-0.05, 0) is 44.5 Å². The van der Waals surface area contributed by atoms with Gasteiger partial charge in [0.15, 0.2) is 5.96 Å². The predicted octanol–water partition coefficient (Wildman–Crippen LogP) is 1.45. The highest BCUT2D eigenvalue weighted by atomic mass is 35.5. The summed E-state index contributed by atoms with van der Waals surface area (Å²) in [5, 5.41) is 9.63. The Morgan fingerprint density at radius 2 is 1.88 bits per heavy atom. The van der Waals surface area contributed by atoms with Crippen molar-refractivity contribution in [2.45, 2.75) is 26.3 Å². The van der Waals surface area contributed by atoms with Crippen LogP contribution in [0.4, 0.5) is 0 Å². The molecule has 0 aliphatic carbocycles. The Morgan fingerprint density at radius 3 is 2.46 bits per heavy atom. The second-order valence-corrected chi connectivity index (χ2v) is 8.68. The van der Waals surface area contributed by atoms with Crippen LogP contribution >= 0.6 is 11.6 Å². The van der Waals surface area contributed by atoms with Crippen molar-refractivity contribution < 1.29 is 13.2 Å². The zero-order valence-corrected chi connectivity index (χ0v) is 17.0. The first-order valence-corrected chi connectivity index (χ1v) is 10.9. The van der Waals surface area contributed by atoms with Crippen molar-refractivity contribution in [1.29, 1.82) is 0 Å². The predicted molar refractivity (Wildman–Crippen MR) is 107 cm³/mol. The number of halogens is 1. The molecule has 1 amide bonds. The molecular weight excluding hydrogens is 376 g/mol. The molecule has 1 atom stereocenters. The minimum Gasteiger partial charge on any atom is -0.357 e. The summed E-state index contributed by atoms with van der Waals surface area (Å²) in [5.41, 5.74) is 0.540. The maximum atomic E-state index is 12.0. The van der Waals surface area contributed by atoms with Crippen molar-refractivity contribution in [2.24, 2.45) is 4.99 Å².